The number of alkyl halides is 1. The number of nitrogens with one attached hydrogen (secondary N) is 1. The van der Waals surface area contributed by atoms with Gasteiger partial charge >= 0.3 is 0 Å². The minimum atomic E-state index is -1.24. The topological polar surface area (TPSA) is 32.3 Å². The van der Waals surface area contributed by atoms with E-state index in [0.29, 0.717) is 11.5 Å². The Hall–Kier alpha value is -0.510. The summed E-state index contributed by atoms with van der Waals surface area (Å²) in [5.74, 6) is 1.09. The maximum absolute atomic E-state index is 12.6. The molecule has 0 heterocycles. The van der Waals surface area contributed by atoms with E-state index in [9.17, 15) is 4.39 Å². The Labute approximate surface area is 136 Å². The van der Waals surface area contributed by atoms with Crippen molar-refractivity contribution in [3.63, 3.8) is 0 Å². The summed E-state index contributed by atoms with van der Waals surface area (Å²) in [6.45, 7) is 8.40. The highest BCUT2D eigenvalue weighted by molar-refractivity contribution is 6.39. The van der Waals surface area contributed by atoms with E-state index < -0.39 is 5.34 Å². The molecule has 1 rings (SSSR count). The summed E-state index contributed by atoms with van der Waals surface area (Å²) in [5, 5.41) is 10.1. The van der Waals surface area contributed by atoms with Crippen molar-refractivity contribution >= 4 is 27.3 Å². The standard InChI is InChI=1S/C9H10B2FNO.C4H9Cl.C2H6/c10-9(11,13-5-6-14)7-1-3-8(12)4-2-7;1-4(2)3-5;1-2/h1-4,13-14H,5-6H2;4H,3H2,1-2H3;1-2H3. The van der Waals surface area contributed by atoms with Crippen LogP contribution >= 0.6 is 11.6 Å². The third kappa shape index (κ3) is 11.8. The summed E-state index contributed by atoms with van der Waals surface area (Å²) in [6, 6.07) is 5.56. The van der Waals surface area contributed by atoms with Gasteiger partial charge in [-0.05, 0) is 29.0 Å². The van der Waals surface area contributed by atoms with E-state index in [-0.39, 0.29) is 19.0 Å². The second-order valence-electron chi connectivity index (χ2n) is 4.57. The minimum absolute atomic E-state index is 0.0582. The molecule has 0 aliphatic rings. The quantitative estimate of drug-likeness (QED) is 0.647. The zero-order valence-electron chi connectivity index (χ0n) is 13.4. The lowest BCUT2D eigenvalue weighted by Gasteiger charge is -2.27. The number of hydrogen-bond donors (Lipinski definition) is 2. The molecule has 0 saturated carbocycles. The summed E-state index contributed by atoms with van der Waals surface area (Å²) < 4.78 is 12.6. The van der Waals surface area contributed by atoms with Gasteiger partial charge in [0.15, 0.2) is 0 Å². The molecule has 0 amide bonds. The zero-order chi connectivity index (χ0) is 16.9. The normalized spacial score (nSPS) is 10.3. The monoisotopic (exact) mass is 311 g/mol. The average Bonchev–Trinajstić information content (AvgIpc) is 2.48. The summed E-state index contributed by atoms with van der Waals surface area (Å²) in [6.07, 6.45) is 0. The zero-order valence-corrected chi connectivity index (χ0v) is 14.1. The first-order chi connectivity index (χ1) is 9.83. The molecule has 0 saturated heterocycles. The molecule has 0 atom stereocenters. The first-order valence-corrected chi connectivity index (χ1v) is 7.62. The van der Waals surface area contributed by atoms with Gasteiger partial charge in [0.1, 0.15) is 5.82 Å². The Morgan fingerprint density at radius 2 is 1.67 bits per heavy atom. The number of rotatable bonds is 5. The molecular formula is C15H25B2ClFNO. The van der Waals surface area contributed by atoms with Crippen molar-refractivity contribution in [1.82, 2.24) is 5.32 Å². The van der Waals surface area contributed by atoms with E-state index in [1.54, 1.807) is 0 Å². The van der Waals surface area contributed by atoms with Crippen LogP contribution in [0.15, 0.2) is 24.3 Å². The summed E-state index contributed by atoms with van der Waals surface area (Å²) in [4.78, 5) is 0. The van der Waals surface area contributed by atoms with Crippen LogP contribution in [0.4, 0.5) is 4.39 Å². The molecule has 1 aromatic carbocycles. The summed E-state index contributed by atoms with van der Waals surface area (Å²) >= 11 is 5.34. The highest BCUT2D eigenvalue weighted by Gasteiger charge is 2.17. The van der Waals surface area contributed by atoms with Crippen LogP contribution in [0.1, 0.15) is 33.3 Å². The van der Waals surface area contributed by atoms with Gasteiger partial charge in [-0.3, -0.25) is 0 Å². The Bertz CT molecular complexity index is 348. The van der Waals surface area contributed by atoms with Gasteiger partial charge < -0.3 is 10.4 Å². The van der Waals surface area contributed by atoms with Crippen molar-refractivity contribution in [2.24, 2.45) is 5.92 Å². The van der Waals surface area contributed by atoms with Crippen LogP contribution in [0.3, 0.4) is 0 Å². The van der Waals surface area contributed by atoms with Gasteiger partial charge in [-0.15, -0.1) is 11.6 Å². The molecule has 0 aliphatic carbocycles. The van der Waals surface area contributed by atoms with Crippen LogP contribution in [0.25, 0.3) is 0 Å². The Morgan fingerprint density at radius 3 is 2.00 bits per heavy atom. The summed E-state index contributed by atoms with van der Waals surface area (Å²) in [5.41, 5.74) is 0.562. The predicted molar refractivity (Wildman–Crippen MR) is 91.6 cm³/mol. The Balaban J connectivity index is 0. The number of aliphatic hydroxyl groups excluding tert-OH is 1. The maximum Gasteiger partial charge on any atom is 0.123 e. The third-order valence-electron chi connectivity index (χ3n) is 2.16. The first kappa shape index (κ1) is 22.8. The van der Waals surface area contributed by atoms with E-state index in [4.69, 9.17) is 32.4 Å². The maximum atomic E-state index is 12.6. The lowest BCUT2D eigenvalue weighted by Crippen LogP contribution is -2.44. The molecule has 4 radical (unpaired) electrons. The molecule has 21 heavy (non-hydrogen) atoms. The third-order valence-corrected chi connectivity index (χ3v) is 2.78. The fourth-order valence-corrected chi connectivity index (χ4v) is 1.09. The molecule has 2 N–H and O–H groups in total. The molecular weight excluding hydrogens is 286 g/mol. The predicted octanol–water partition coefficient (Wildman–Crippen LogP) is 2.76. The number of benzene rings is 1. The van der Waals surface area contributed by atoms with Gasteiger partial charge in [0, 0.05) is 12.4 Å². The highest BCUT2D eigenvalue weighted by atomic mass is 35.5. The van der Waals surface area contributed by atoms with Crippen molar-refractivity contribution in [2.45, 2.75) is 33.0 Å². The molecule has 0 aromatic heterocycles. The molecule has 0 spiro atoms. The SMILES string of the molecule is CC.CC(C)CCl.[B]C([B])(NCCO)c1ccc(F)cc1. The fourth-order valence-electron chi connectivity index (χ4n) is 1.09. The van der Waals surface area contributed by atoms with Gasteiger partial charge in [0.05, 0.1) is 22.3 Å². The van der Waals surface area contributed by atoms with Crippen molar-refractivity contribution in [2.75, 3.05) is 19.0 Å². The second-order valence-corrected chi connectivity index (χ2v) is 4.88. The molecule has 0 fully saturated rings. The lowest BCUT2D eigenvalue weighted by molar-refractivity contribution is 0.288. The smallest absolute Gasteiger partial charge is 0.123 e. The number of halogens is 2. The Kier molecular flexibility index (Phi) is 14.3. The van der Waals surface area contributed by atoms with Crippen molar-refractivity contribution in [3.05, 3.63) is 35.6 Å². The van der Waals surface area contributed by atoms with Crippen LogP contribution in [0, 0.1) is 11.7 Å². The highest BCUT2D eigenvalue weighted by Crippen LogP contribution is 2.13. The van der Waals surface area contributed by atoms with Crippen molar-refractivity contribution in [3.8, 4) is 0 Å². The van der Waals surface area contributed by atoms with E-state index in [1.165, 1.54) is 24.3 Å². The van der Waals surface area contributed by atoms with Crippen LogP contribution in [-0.2, 0) is 5.34 Å². The van der Waals surface area contributed by atoms with Gasteiger partial charge in [-0.1, -0.05) is 39.8 Å². The molecule has 6 heteroatoms. The molecule has 2 nitrogen and oxygen atoms in total. The molecule has 0 aliphatic heterocycles. The van der Waals surface area contributed by atoms with Crippen molar-refractivity contribution in [1.29, 1.82) is 0 Å². The van der Waals surface area contributed by atoms with E-state index in [0.717, 1.165) is 5.88 Å². The first-order valence-electron chi connectivity index (χ1n) is 7.09. The van der Waals surface area contributed by atoms with Crippen LogP contribution in [0.2, 0.25) is 0 Å². The molecule has 0 bridgehead atoms. The number of aliphatic hydroxyl groups is 1. The van der Waals surface area contributed by atoms with E-state index >= 15 is 0 Å². The number of hydrogen-bond acceptors (Lipinski definition) is 2. The average molecular weight is 311 g/mol. The van der Waals surface area contributed by atoms with Gasteiger partial charge in [-0.2, -0.15) is 0 Å². The van der Waals surface area contributed by atoms with Crippen molar-refractivity contribution < 1.29 is 9.50 Å². The van der Waals surface area contributed by atoms with Crippen LogP contribution in [0.5, 0.6) is 0 Å². The fraction of sp³-hybridized carbons (Fsp3) is 0.600. The molecule has 0 unspecified atom stereocenters. The van der Waals surface area contributed by atoms with Crippen LogP contribution < -0.4 is 5.32 Å². The summed E-state index contributed by atoms with van der Waals surface area (Å²) in [7, 11) is 11.4. The van der Waals surface area contributed by atoms with Gasteiger partial charge in [-0.25, -0.2) is 4.39 Å². The molecule has 1 aromatic rings. The van der Waals surface area contributed by atoms with E-state index in [2.05, 4.69) is 19.2 Å². The second kappa shape index (κ2) is 13.2. The largest absolute Gasteiger partial charge is 0.395 e. The Morgan fingerprint density at radius 1 is 1.24 bits per heavy atom. The van der Waals surface area contributed by atoms with Crippen LogP contribution in [-0.4, -0.2) is 39.8 Å². The van der Waals surface area contributed by atoms with Gasteiger partial charge in [0.2, 0.25) is 0 Å². The lowest BCUT2D eigenvalue weighted by atomic mass is 9.58. The molecule has 116 valence electrons. The minimum Gasteiger partial charge on any atom is -0.395 e. The van der Waals surface area contributed by atoms with Gasteiger partial charge in [0.25, 0.3) is 0 Å². The van der Waals surface area contributed by atoms with E-state index in [1.807, 2.05) is 13.8 Å².